The van der Waals surface area contributed by atoms with E-state index in [4.69, 9.17) is 11.6 Å². The summed E-state index contributed by atoms with van der Waals surface area (Å²) in [4.78, 5) is 19.1. The number of amides is 1. The first-order chi connectivity index (χ1) is 14.0. The third-order valence-electron chi connectivity index (χ3n) is 4.33. The second-order valence-corrected chi connectivity index (χ2v) is 8.43. The highest BCUT2D eigenvalue weighted by molar-refractivity contribution is 7.98. The Morgan fingerprint density at radius 3 is 2.59 bits per heavy atom. The Balaban J connectivity index is 1.63. The van der Waals surface area contributed by atoms with Gasteiger partial charge in [-0.1, -0.05) is 29.8 Å². The van der Waals surface area contributed by atoms with Crippen LogP contribution in [0, 0.1) is 0 Å². The molecule has 0 atom stereocenters. The van der Waals surface area contributed by atoms with Gasteiger partial charge in [0.25, 0.3) is 5.91 Å². The average molecular weight is 426 g/mol. The van der Waals surface area contributed by atoms with E-state index < -0.39 is 0 Å². The summed E-state index contributed by atoms with van der Waals surface area (Å²) in [5.74, 6) is 1.89. The molecule has 0 radical (unpaired) electrons. The number of carbonyl (C=O) groups is 1. The van der Waals surface area contributed by atoms with Crippen molar-refractivity contribution in [2.24, 2.45) is 0 Å². The first-order valence-electron chi connectivity index (χ1n) is 9.36. The topological polar surface area (TPSA) is 45.2 Å². The standard InChI is InChI=1S/C23H24ClN3OS/c1-27(2)13-14-29-16-17-6-8-18(9-7-17)23(28)26-19-10-11-21(24)20(15-19)22-5-3-4-12-25-22/h3-12,15H,13-14,16H2,1-2H3,(H,26,28). The molecule has 1 heterocycles. The molecule has 0 bridgehead atoms. The maximum atomic E-state index is 12.6. The lowest BCUT2D eigenvalue weighted by Crippen LogP contribution is -2.14. The highest BCUT2D eigenvalue weighted by Crippen LogP contribution is 2.29. The molecular weight excluding hydrogens is 402 g/mol. The lowest BCUT2D eigenvalue weighted by molar-refractivity contribution is 0.102. The minimum atomic E-state index is -0.147. The Labute approximate surface area is 181 Å². The molecule has 0 aliphatic carbocycles. The van der Waals surface area contributed by atoms with Crippen LogP contribution in [0.2, 0.25) is 5.02 Å². The highest BCUT2D eigenvalue weighted by atomic mass is 35.5. The first kappa shape index (κ1) is 21.4. The van der Waals surface area contributed by atoms with Crippen LogP contribution in [-0.4, -0.2) is 42.2 Å². The Kier molecular flexibility index (Phi) is 7.69. The molecule has 150 valence electrons. The van der Waals surface area contributed by atoms with Gasteiger partial charge in [0, 0.05) is 41.1 Å². The Morgan fingerprint density at radius 1 is 1.10 bits per heavy atom. The van der Waals surface area contributed by atoms with Gasteiger partial charge in [0.2, 0.25) is 0 Å². The zero-order chi connectivity index (χ0) is 20.6. The molecule has 3 aromatic rings. The van der Waals surface area contributed by atoms with E-state index in [-0.39, 0.29) is 5.91 Å². The minimum Gasteiger partial charge on any atom is -0.322 e. The summed E-state index contributed by atoms with van der Waals surface area (Å²) >= 11 is 8.21. The van der Waals surface area contributed by atoms with Crippen LogP contribution in [0.4, 0.5) is 5.69 Å². The van der Waals surface area contributed by atoms with Crippen molar-refractivity contribution in [2.75, 3.05) is 31.7 Å². The van der Waals surface area contributed by atoms with Gasteiger partial charge in [-0.2, -0.15) is 11.8 Å². The summed E-state index contributed by atoms with van der Waals surface area (Å²) in [5.41, 5.74) is 4.08. The summed E-state index contributed by atoms with van der Waals surface area (Å²) in [6, 6.07) is 18.8. The molecular formula is C23H24ClN3OS. The largest absolute Gasteiger partial charge is 0.322 e. The van der Waals surface area contributed by atoms with Crippen LogP contribution in [-0.2, 0) is 5.75 Å². The van der Waals surface area contributed by atoms with Crippen LogP contribution in [0.5, 0.6) is 0 Å². The Hall–Kier alpha value is -2.34. The number of rotatable bonds is 8. The molecule has 6 heteroatoms. The van der Waals surface area contributed by atoms with Crippen molar-refractivity contribution in [2.45, 2.75) is 5.75 Å². The van der Waals surface area contributed by atoms with Crippen LogP contribution in [0.3, 0.4) is 0 Å². The van der Waals surface area contributed by atoms with Crippen molar-refractivity contribution >= 4 is 35.0 Å². The number of anilines is 1. The Morgan fingerprint density at radius 2 is 1.90 bits per heavy atom. The fourth-order valence-electron chi connectivity index (χ4n) is 2.71. The molecule has 1 N–H and O–H groups in total. The monoisotopic (exact) mass is 425 g/mol. The predicted octanol–water partition coefficient (Wildman–Crippen LogP) is 5.45. The van der Waals surface area contributed by atoms with Gasteiger partial charge < -0.3 is 10.2 Å². The first-order valence-corrected chi connectivity index (χ1v) is 10.9. The van der Waals surface area contributed by atoms with E-state index in [9.17, 15) is 4.79 Å². The molecule has 1 amide bonds. The summed E-state index contributed by atoms with van der Waals surface area (Å²) in [6.07, 6.45) is 1.72. The van der Waals surface area contributed by atoms with Crippen molar-refractivity contribution in [3.8, 4) is 11.3 Å². The van der Waals surface area contributed by atoms with Crippen molar-refractivity contribution in [1.82, 2.24) is 9.88 Å². The maximum Gasteiger partial charge on any atom is 0.255 e. The van der Waals surface area contributed by atoms with Gasteiger partial charge >= 0.3 is 0 Å². The minimum absolute atomic E-state index is 0.147. The van der Waals surface area contributed by atoms with Gasteiger partial charge in [-0.3, -0.25) is 9.78 Å². The summed E-state index contributed by atoms with van der Waals surface area (Å²) in [7, 11) is 4.15. The third-order valence-corrected chi connectivity index (χ3v) is 5.67. The lowest BCUT2D eigenvalue weighted by atomic mass is 10.1. The molecule has 29 heavy (non-hydrogen) atoms. The molecule has 0 spiro atoms. The van der Waals surface area contributed by atoms with E-state index in [0.717, 1.165) is 29.3 Å². The molecule has 3 rings (SSSR count). The molecule has 0 saturated heterocycles. The highest BCUT2D eigenvalue weighted by Gasteiger charge is 2.10. The smallest absolute Gasteiger partial charge is 0.255 e. The maximum absolute atomic E-state index is 12.6. The van der Waals surface area contributed by atoms with Gasteiger partial charge in [-0.05, 0) is 62.1 Å². The van der Waals surface area contributed by atoms with Crippen molar-refractivity contribution in [3.05, 3.63) is 83.0 Å². The SMILES string of the molecule is CN(C)CCSCc1ccc(C(=O)Nc2ccc(Cl)c(-c3ccccn3)c2)cc1. The normalized spacial score (nSPS) is 10.9. The second kappa shape index (κ2) is 10.4. The number of halogens is 1. The van der Waals surface area contributed by atoms with Crippen molar-refractivity contribution in [1.29, 1.82) is 0 Å². The van der Waals surface area contributed by atoms with Crippen molar-refractivity contribution in [3.63, 3.8) is 0 Å². The van der Waals surface area contributed by atoms with Crippen LogP contribution >= 0.6 is 23.4 Å². The zero-order valence-corrected chi connectivity index (χ0v) is 18.1. The van der Waals surface area contributed by atoms with Crippen LogP contribution < -0.4 is 5.32 Å². The number of thioether (sulfide) groups is 1. The molecule has 0 aliphatic rings. The fraction of sp³-hybridized carbons (Fsp3) is 0.217. The van der Waals surface area contributed by atoms with Gasteiger partial charge in [0.15, 0.2) is 0 Å². The van der Waals surface area contributed by atoms with Gasteiger partial charge in [0.05, 0.1) is 10.7 Å². The summed E-state index contributed by atoms with van der Waals surface area (Å²) < 4.78 is 0. The number of hydrogen-bond donors (Lipinski definition) is 1. The van der Waals surface area contributed by atoms with E-state index in [1.54, 1.807) is 18.3 Å². The van der Waals surface area contributed by atoms with E-state index in [0.29, 0.717) is 16.3 Å². The number of aromatic nitrogens is 1. The van der Waals surface area contributed by atoms with E-state index in [2.05, 4.69) is 29.3 Å². The van der Waals surface area contributed by atoms with E-state index in [1.807, 2.05) is 60.3 Å². The molecule has 0 fully saturated rings. The third kappa shape index (κ3) is 6.32. The molecule has 0 saturated carbocycles. The second-order valence-electron chi connectivity index (χ2n) is 6.92. The number of benzene rings is 2. The van der Waals surface area contributed by atoms with Crippen LogP contribution in [0.15, 0.2) is 66.9 Å². The molecule has 2 aromatic carbocycles. The van der Waals surface area contributed by atoms with Crippen LogP contribution in [0.1, 0.15) is 15.9 Å². The summed E-state index contributed by atoms with van der Waals surface area (Å²) in [5, 5.41) is 3.54. The lowest BCUT2D eigenvalue weighted by Gasteiger charge is -2.10. The molecule has 0 aliphatic heterocycles. The number of hydrogen-bond acceptors (Lipinski definition) is 4. The number of nitrogens with one attached hydrogen (secondary N) is 1. The Bertz CT molecular complexity index is 946. The average Bonchev–Trinajstić information content (AvgIpc) is 2.73. The number of pyridine rings is 1. The van der Waals surface area contributed by atoms with Gasteiger partial charge in [-0.25, -0.2) is 0 Å². The van der Waals surface area contributed by atoms with Crippen LogP contribution in [0.25, 0.3) is 11.3 Å². The number of nitrogens with zero attached hydrogens (tertiary/aromatic N) is 2. The quantitative estimate of drug-likeness (QED) is 0.487. The van der Waals surface area contributed by atoms with Crippen molar-refractivity contribution < 1.29 is 4.79 Å². The summed E-state index contributed by atoms with van der Waals surface area (Å²) in [6.45, 7) is 1.06. The zero-order valence-electron chi connectivity index (χ0n) is 16.6. The number of carbonyl (C=O) groups excluding carboxylic acids is 1. The van der Waals surface area contributed by atoms with Gasteiger partial charge in [-0.15, -0.1) is 0 Å². The molecule has 1 aromatic heterocycles. The fourth-order valence-corrected chi connectivity index (χ4v) is 4.00. The van der Waals surface area contributed by atoms with E-state index >= 15 is 0 Å². The molecule has 0 unspecified atom stereocenters. The predicted molar refractivity (Wildman–Crippen MR) is 124 cm³/mol. The van der Waals surface area contributed by atoms with E-state index in [1.165, 1.54) is 5.56 Å². The molecule has 4 nitrogen and oxygen atoms in total. The van der Waals surface area contributed by atoms with Gasteiger partial charge in [0.1, 0.15) is 0 Å².